The molecule has 1 amide bonds. The lowest BCUT2D eigenvalue weighted by atomic mass is 10.1. The fraction of sp³-hybridized carbons (Fsp3) is 0.263. The summed E-state index contributed by atoms with van der Waals surface area (Å²) in [6, 6.07) is 10.3. The first-order valence-electron chi connectivity index (χ1n) is 8.31. The third kappa shape index (κ3) is 3.56. The van der Waals surface area contributed by atoms with Gasteiger partial charge < -0.3 is 10.1 Å². The average Bonchev–Trinajstić information content (AvgIpc) is 2.64. The number of carbonyl (C=O) groups is 1. The first kappa shape index (κ1) is 17.6. The van der Waals surface area contributed by atoms with Crippen molar-refractivity contribution in [1.82, 2.24) is 14.8 Å². The van der Waals surface area contributed by atoms with Crippen molar-refractivity contribution >= 4 is 22.4 Å². The van der Waals surface area contributed by atoms with Crippen LogP contribution in [-0.2, 0) is 6.54 Å². The maximum atomic E-state index is 12.8. The number of aromatic nitrogens is 3. The quantitative estimate of drug-likeness (QED) is 0.763. The van der Waals surface area contributed by atoms with Crippen LogP contribution in [0.25, 0.3) is 10.8 Å². The van der Waals surface area contributed by atoms with E-state index in [1.54, 1.807) is 36.4 Å². The maximum Gasteiger partial charge on any atom is 0.276 e. The van der Waals surface area contributed by atoms with Crippen molar-refractivity contribution < 1.29 is 9.53 Å². The standard InChI is InChI=1S/C19H20N4O3/c1-12(2)11-23-19(25)15-7-5-4-6-14(15)17(22-23)18(24)21-13-8-9-16(26-3)20-10-13/h4-10,12H,11H2,1-3H3,(H,21,24). The molecular formula is C19H20N4O3. The predicted octanol–water partition coefficient (Wildman–Crippen LogP) is 2.71. The van der Waals surface area contributed by atoms with Crippen LogP contribution in [0, 0.1) is 5.92 Å². The van der Waals surface area contributed by atoms with Gasteiger partial charge in [0.05, 0.1) is 24.4 Å². The fourth-order valence-corrected chi connectivity index (χ4v) is 2.64. The summed E-state index contributed by atoms with van der Waals surface area (Å²) in [6.45, 7) is 4.42. The number of methoxy groups -OCH3 is 1. The van der Waals surface area contributed by atoms with E-state index < -0.39 is 5.91 Å². The molecule has 0 atom stereocenters. The van der Waals surface area contributed by atoms with E-state index in [4.69, 9.17) is 4.74 Å². The van der Waals surface area contributed by atoms with Crippen LogP contribution in [-0.4, -0.2) is 27.8 Å². The zero-order valence-corrected chi connectivity index (χ0v) is 14.9. The van der Waals surface area contributed by atoms with Gasteiger partial charge in [-0.3, -0.25) is 9.59 Å². The minimum absolute atomic E-state index is 0.197. The summed E-state index contributed by atoms with van der Waals surface area (Å²) in [7, 11) is 1.52. The molecule has 2 heterocycles. The fourth-order valence-electron chi connectivity index (χ4n) is 2.64. The van der Waals surface area contributed by atoms with Gasteiger partial charge in [-0.15, -0.1) is 0 Å². The molecule has 0 aliphatic carbocycles. The van der Waals surface area contributed by atoms with Crippen LogP contribution in [0.2, 0.25) is 0 Å². The Hall–Kier alpha value is -3.22. The van der Waals surface area contributed by atoms with Crippen LogP contribution in [0.3, 0.4) is 0 Å². The molecule has 26 heavy (non-hydrogen) atoms. The lowest BCUT2D eigenvalue weighted by Gasteiger charge is -2.12. The van der Waals surface area contributed by atoms with Crippen LogP contribution in [0.4, 0.5) is 5.69 Å². The summed E-state index contributed by atoms with van der Waals surface area (Å²) >= 11 is 0. The number of amides is 1. The second-order valence-corrected chi connectivity index (χ2v) is 6.32. The van der Waals surface area contributed by atoms with Gasteiger partial charge in [0.15, 0.2) is 5.69 Å². The molecular weight excluding hydrogens is 332 g/mol. The van der Waals surface area contributed by atoms with E-state index in [0.29, 0.717) is 28.9 Å². The zero-order chi connectivity index (χ0) is 18.7. The van der Waals surface area contributed by atoms with Gasteiger partial charge in [0.1, 0.15) is 0 Å². The molecule has 0 saturated carbocycles. The Morgan fingerprint density at radius 1 is 1.19 bits per heavy atom. The lowest BCUT2D eigenvalue weighted by molar-refractivity contribution is 0.102. The monoisotopic (exact) mass is 352 g/mol. The third-order valence-electron chi connectivity index (χ3n) is 3.82. The number of hydrogen-bond donors (Lipinski definition) is 1. The third-order valence-corrected chi connectivity index (χ3v) is 3.82. The summed E-state index contributed by atoms with van der Waals surface area (Å²) in [5, 5.41) is 8.08. The predicted molar refractivity (Wildman–Crippen MR) is 99.6 cm³/mol. The Labute approximate surface area is 150 Å². The van der Waals surface area contributed by atoms with E-state index in [2.05, 4.69) is 15.4 Å². The first-order valence-corrected chi connectivity index (χ1v) is 8.31. The molecule has 0 unspecified atom stereocenters. The maximum absolute atomic E-state index is 12.8. The second-order valence-electron chi connectivity index (χ2n) is 6.32. The Balaban J connectivity index is 2.03. The molecule has 0 spiro atoms. The molecule has 7 nitrogen and oxygen atoms in total. The minimum atomic E-state index is -0.398. The van der Waals surface area contributed by atoms with Gasteiger partial charge in [-0.05, 0) is 18.1 Å². The molecule has 1 aromatic carbocycles. The van der Waals surface area contributed by atoms with Crippen molar-refractivity contribution in [2.75, 3.05) is 12.4 Å². The Bertz CT molecular complexity index is 994. The van der Waals surface area contributed by atoms with Gasteiger partial charge in [-0.25, -0.2) is 9.67 Å². The number of nitrogens with zero attached hydrogens (tertiary/aromatic N) is 3. The normalized spacial score (nSPS) is 10.9. The molecule has 134 valence electrons. The van der Waals surface area contributed by atoms with Gasteiger partial charge in [-0.1, -0.05) is 32.0 Å². The number of hydrogen-bond acceptors (Lipinski definition) is 5. The molecule has 0 radical (unpaired) electrons. The second kappa shape index (κ2) is 7.35. The van der Waals surface area contributed by atoms with Crippen molar-refractivity contribution in [1.29, 1.82) is 0 Å². The van der Waals surface area contributed by atoms with Gasteiger partial charge >= 0.3 is 0 Å². The molecule has 2 aromatic heterocycles. The van der Waals surface area contributed by atoms with Crippen LogP contribution < -0.4 is 15.6 Å². The number of carbonyl (C=O) groups excluding carboxylic acids is 1. The number of fused-ring (bicyclic) bond motifs is 1. The number of anilines is 1. The minimum Gasteiger partial charge on any atom is -0.481 e. The number of ether oxygens (including phenoxy) is 1. The SMILES string of the molecule is COc1ccc(NC(=O)c2nn(CC(C)C)c(=O)c3ccccc23)cn1. The van der Waals surface area contributed by atoms with Crippen molar-refractivity contribution in [2.45, 2.75) is 20.4 Å². The van der Waals surface area contributed by atoms with E-state index in [0.717, 1.165) is 0 Å². The smallest absolute Gasteiger partial charge is 0.276 e. The highest BCUT2D eigenvalue weighted by Crippen LogP contribution is 2.17. The highest BCUT2D eigenvalue weighted by Gasteiger charge is 2.17. The molecule has 3 rings (SSSR count). The van der Waals surface area contributed by atoms with Gasteiger partial charge in [0.25, 0.3) is 11.5 Å². The van der Waals surface area contributed by atoms with Crippen LogP contribution >= 0.6 is 0 Å². The largest absolute Gasteiger partial charge is 0.481 e. The number of nitrogens with one attached hydrogen (secondary N) is 1. The summed E-state index contributed by atoms with van der Waals surface area (Å²) < 4.78 is 6.36. The van der Waals surface area contributed by atoms with Crippen molar-refractivity contribution in [3.8, 4) is 5.88 Å². The average molecular weight is 352 g/mol. The summed E-state index contributed by atoms with van der Waals surface area (Å²) in [6.07, 6.45) is 1.50. The molecule has 0 bridgehead atoms. The van der Waals surface area contributed by atoms with E-state index >= 15 is 0 Å². The van der Waals surface area contributed by atoms with Crippen LogP contribution in [0.15, 0.2) is 47.4 Å². The molecule has 1 N–H and O–H groups in total. The van der Waals surface area contributed by atoms with Crippen molar-refractivity contribution in [3.63, 3.8) is 0 Å². The van der Waals surface area contributed by atoms with E-state index in [-0.39, 0.29) is 17.2 Å². The number of benzene rings is 1. The number of pyridine rings is 1. The molecule has 3 aromatic rings. The summed E-state index contributed by atoms with van der Waals surface area (Å²) in [4.78, 5) is 29.5. The highest BCUT2D eigenvalue weighted by atomic mass is 16.5. The van der Waals surface area contributed by atoms with Crippen LogP contribution in [0.5, 0.6) is 5.88 Å². The molecule has 0 aliphatic rings. The van der Waals surface area contributed by atoms with E-state index in [1.165, 1.54) is 18.0 Å². The molecule has 7 heteroatoms. The first-order chi connectivity index (χ1) is 12.5. The zero-order valence-electron chi connectivity index (χ0n) is 14.9. The summed E-state index contributed by atoms with van der Waals surface area (Å²) in [5.41, 5.74) is 0.525. The van der Waals surface area contributed by atoms with Gasteiger partial charge in [0, 0.05) is 18.0 Å². The van der Waals surface area contributed by atoms with Gasteiger partial charge in [-0.2, -0.15) is 5.10 Å². The highest BCUT2D eigenvalue weighted by molar-refractivity contribution is 6.11. The lowest BCUT2D eigenvalue weighted by Crippen LogP contribution is -2.29. The molecule has 0 fully saturated rings. The van der Waals surface area contributed by atoms with Crippen molar-refractivity contribution in [2.24, 2.45) is 5.92 Å². The van der Waals surface area contributed by atoms with Gasteiger partial charge in [0.2, 0.25) is 5.88 Å². The van der Waals surface area contributed by atoms with E-state index in [1.807, 2.05) is 13.8 Å². The Kier molecular flexibility index (Phi) is 4.97. The molecule has 0 saturated heterocycles. The Morgan fingerprint density at radius 2 is 1.92 bits per heavy atom. The van der Waals surface area contributed by atoms with Crippen molar-refractivity contribution in [3.05, 3.63) is 58.6 Å². The summed E-state index contributed by atoms with van der Waals surface area (Å²) in [5.74, 6) is 0.283. The topological polar surface area (TPSA) is 86.1 Å². The van der Waals surface area contributed by atoms with E-state index in [9.17, 15) is 9.59 Å². The molecule has 0 aliphatic heterocycles. The van der Waals surface area contributed by atoms with Crippen LogP contribution in [0.1, 0.15) is 24.3 Å². The Morgan fingerprint density at radius 3 is 2.54 bits per heavy atom. The number of rotatable bonds is 5.